The molecular weight excluding hydrogens is 142 g/mol. The SMILES string of the molecule is C=COCCN1CCOC1C. The molecular formula is C8H15NO2. The Morgan fingerprint density at radius 3 is 3.18 bits per heavy atom. The Hall–Kier alpha value is -0.540. The second kappa shape index (κ2) is 4.36. The predicted octanol–water partition coefficient (Wildman–Crippen LogP) is 0.825. The van der Waals surface area contributed by atoms with Crippen LogP contribution in [0, 0.1) is 0 Å². The van der Waals surface area contributed by atoms with Gasteiger partial charge in [0.2, 0.25) is 0 Å². The van der Waals surface area contributed by atoms with Crippen LogP contribution in [0.25, 0.3) is 0 Å². The summed E-state index contributed by atoms with van der Waals surface area (Å²) >= 11 is 0. The number of hydrogen-bond acceptors (Lipinski definition) is 3. The summed E-state index contributed by atoms with van der Waals surface area (Å²) in [4.78, 5) is 2.24. The van der Waals surface area contributed by atoms with Crippen molar-refractivity contribution in [1.29, 1.82) is 0 Å². The molecule has 1 atom stereocenters. The van der Waals surface area contributed by atoms with Crippen molar-refractivity contribution in [2.45, 2.75) is 13.2 Å². The van der Waals surface area contributed by atoms with Crippen LogP contribution in [0.3, 0.4) is 0 Å². The lowest BCUT2D eigenvalue weighted by Crippen LogP contribution is -2.30. The van der Waals surface area contributed by atoms with Gasteiger partial charge in [0.15, 0.2) is 0 Å². The molecule has 0 N–H and O–H groups in total. The fourth-order valence-corrected chi connectivity index (χ4v) is 1.17. The molecule has 0 bridgehead atoms. The van der Waals surface area contributed by atoms with Crippen LogP contribution >= 0.6 is 0 Å². The molecule has 1 aliphatic rings. The zero-order chi connectivity index (χ0) is 8.10. The first-order valence-electron chi connectivity index (χ1n) is 3.93. The lowest BCUT2D eigenvalue weighted by atomic mass is 10.5. The summed E-state index contributed by atoms with van der Waals surface area (Å²) < 4.78 is 10.4. The molecule has 3 heteroatoms. The van der Waals surface area contributed by atoms with Crippen molar-refractivity contribution in [2.24, 2.45) is 0 Å². The van der Waals surface area contributed by atoms with Crippen molar-refractivity contribution >= 4 is 0 Å². The van der Waals surface area contributed by atoms with Gasteiger partial charge in [-0.05, 0) is 6.92 Å². The van der Waals surface area contributed by atoms with E-state index in [1.165, 1.54) is 6.26 Å². The van der Waals surface area contributed by atoms with E-state index in [1.54, 1.807) is 0 Å². The summed E-state index contributed by atoms with van der Waals surface area (Å²) in [7, 11) is 0. The maximum atomic E-state index is 5.34. The van der Waals surface area contributed by atoms with Crippen LogP contribution < -0.4 is 0 Å². The summed E-state index contributed by atoms with van der Waals surface area (Å²) in [6.07, 6.45) is 1.73. The third kappa shape index (κ3) is 2.52. The zero-order valence-corrected chi connectivity index (χ0v) is 6.95. The fraction of sp³-hybridized carbons (Fsp3) is 0.750. The average Bonchev–Trinajstić information content (AvgIpc) is 2.37. The van der Waals surface area contributed by atoms with Gasteiger partial charge in [-0.15, -0.1) is 0 Å². The molecule has 3 nitrogen and oxygen atoms in total. The van der Waals surface area contributed by atoms with Gasteiger partial charge in [-0.2, -0.15) is 0 Å². The molecule has 0 aromatic carbocycles. The smallest absolute Gasteiger partial charge is 0.108 e. The van der Waals surface area contributed by atoms with E-state index in [0.29, 0.717) is 6.61 Å². The highest BCUT2D eigenvalue weighted by atomic mass is 16.5. The normalized spacial score (nSPS) is 25.4. The highest BCUT2D eigenvalue weighted by molar-refractivity contribution is 4.65. The van der Waals surface area contributed by atoms with Gasteiger partial charge in [-0.3, -0.25) is 4.90 Å². The second-order valence-corrected chi connectivity index (χ2v) is 2.54. The van der Waals surface area contributed by atoms with E-state index in [-0.39, 0.29) is 6.23 Å². The Kier molecular flexibility index (Phi) is 3.39. The zero-order valence-electron chi connectivity index (χ0n) is 6.95. The van der Waals surface area contributed by atoms with Crippen LogP contribution in [0.2, 0.25) is 0 Å². The number of ether oxygens (including phenoxy) is 2. The van der Waals surface area contributed by atoms with Gasteiger partial charge in [0.1, 0.15) is 12.8 Å². The number of rotatable bonds is 4. The van der Waals surface area contributed by atoms with Crippen LogP contribution in [0.1, 0.15) is 6.92 Å². The van der Waals surface area contributed by atoms with Gasteiger partial charge in [-0.1, -0.05) is 6.58 Å². The molecule has 1 unspecified atom stereocenters. The molecule has 1 aliphatic heterocycles. The summed E-state index contributed by atoms with van der Waals surface area (Å²) in [5.41, 5.74) is 0. The van der Waals surface area contributed by atoms with Crippen LogP contribution in [0.15, 0.2) is 12.8 Å². The van der Waals surface area contributed by atoms with Crippen molar-refractivity contribution in [3.05, 3.63) is 12.8 Å². The van der Waals surface area contributed by atoms with Crippen molar-refractivity contribution in [1.82, 2.24) is 4.90 Å². The standard InChI is InChI=1S/C8H15NO2/c1-3-10-6-4-9-5-7-11-8(9)2/h3,8H,1,4-7H2,2H3. The van der Waals surface area contributed by atoms with E-state index in [9.17, 15) is 0 Å². The molecule has 0 aliphatic carbocycles. The van der Waals surface area contributed by atoms with E-state index in [4.69, 9.17) is 9.47 Å². The summed E-state index contributed by atoms with van der Waals surface area (Å²) in [5.74, 6) is 0. The molecule has 11 heavy (non-hydrogen) atoms. The Balaban J connectivity index is 2.10. The molecule has 1 rings (SSSR count). The van der Waals surface area contributed by atoms with E-state index >= 15 is 0 Å². The monoisotopic (exact) mass is 157 g/mol. The number of nitrogens with zero attached hydrogens (tertiary/aromatic N) is 1. The molecule has 0 spiro atoms. The van der Waals surface area contributed by atoms with E-state index in [0.717, 1.165) is 19.7 Å². The lowest BCUT2D eigenvalue weighted by Gasteiger charge is -2.18. The molecule has 1 fully saturated rings. The maximum Gasteiger partial charge on any atom is 0.108 e. The molecule has 0 aromatic rings. The molecule has 0 aromatic heterocycles. The molecule has 0 saturated carbocycles. The van der Waals surface area contributed by atoms with E-state index < -0.39 is 0 Å². The van der Waals surface area contributed by atoms with Crippen molar-refractivity contribution in [3.63, 3.8) is 0 Å². The van der Waals surface area contributed by atoms with Crippen LogP contribution in [-0.2, 0) is 9.47 Å². The van der Waals surface area contributed by atoms with Crippen LogP contribution in [0.5, 0.6) is 0 Å². The van der Waals surface area contributed by atoms with Gasteiger partial charge in [0, 0.05) is 13.1 Å². The first-order valence-corrected chi connectivity index (χ1v) is 3.93. The molecule has 0 amide bonds. The highest BCUT2D eigenvalue weighted by Crippen LogP contribution is 2.07. The third-order valence-corrected chi connectivity index (χ3v) is 1.87. The van der Waals surface area contributed by atoms with Gasteiger partial charge in [-0.25, -0.2) is 0 Å². The van der Waals surface area contributed by atoms with E-state index in [2.05, 4.69) is 18.4 Å². The van der Waals surface area contributed by atoms with Gasteiger partial charge >= 0.3 is 0 Å². The van der Waals surface area contributed by atoms with Crippen molar-refractivity contribution in [3.8, 4) is 0 Å². The number of hydrogen-bond donors (Lipinski definition) is 0. The summed E-state index contributed by atoms with van der Waals surface area (Å²) in [6, 6.07) is 0. The average molecular weight is 157 g/mol. The van der Waals surface area contributed by atoms with Crippen molar-refractivity contribution in [2.75, 3.05) is 26.3 Å². The van der Waals surface area contributed by atoms with Crippen LogP contribution in [-0.4, -0.2) is 37.4 Å². The molecule has 64 valence electrons. The molecule has 1 heterocycles. The molecule has 0 radical (unpaired) electrons. The second-order valence-electron chi connectivity index (χ2n) is 2.54. The Morgan fingerprint density at radius 2 is 2.64 bits per heavy atom. The first kappa shape index (κ1) is 8.56. The molecule has 1 saturated heterocycles. The van der Waals surface area contributed by atoms with Gasteiger partial charge < -0.3 is 9.47 Å². The van der Waals surface area contributed by atoms with Gasteiger partial charge in [0.25, 0.3) is 0 Å². The quantitative estimate of drug-likeness (QED) is 0.445. The van der Waals surface area contributed by atoms with Crippen molar-refractivity contribution < 1.29 is 9.47 Å². The maximum absolute atomic E-state index is 5.34. The first-order chi connectivity index (χ1) is 5.34. The lowest BCUT2D eigenvalue weighted by molar-refractivity contribution is 0.0401. The minimum absolute atomic E-state index is 0.253. The highest BCUT2D eigenvalue weighted by Gasteiger charge is 2.19. The summed E-state index contributed by atoms with van der Waals surface area (Å²) in [5, 5.41) is 0. The summed E-state index contributed by atoms with van der Waals surface area (Å²) in [6.45, 7) is 9.02. The Morgan fingerprint density at radius 1 is 1.82 bits per heavy atom. The van der Waals surface area contributed by atoms with Gasteiger partial charge in [0.05, 0.1) is 12.9 Å². The minimum atomic E-state index is 0.253. The Bertz CT molecular complexity index is 127. The Labute approximate surface area is 67.6 Å². The fourth-order valence-electron chi connectivity index (χ4n) is 1.17. The third-order valence-electron chi connectivity index (χ3n) is 1.87. The van der Waals surface area contributed by atoms with Crippen LogP contribution in [0.4, 0.5) is 0 Å². The largest absolute Gasteiger partial charge is 0.500 e. The van der Waals surface area contributed by atoms with E-state index in [1.807, 2.05) is 0 Å². The predicted molar refractivity (Wildman–Crippen MR) is 43.1 cm³/mol. The minimum Gasteiger partial charge on any atom is -0.500 e. The topological polar surface area (TPSA) is 21.7 Å².